The van der Waals surface area contributed by atoms with Gasteiger partial charge in [-0.1, -0.05) is 13.8 Å². The number of aromatic nitrogens is 2. The summed E-state index contributed by atoms with van der Waals surface area (Å²) in [5.74, 6) is 1.55. The molecule has 100 valence electrons. The van der Waals surface area contributed by atoms with Crippen LogP contribution in [0, 0.1) is 0 Å². The topological polar surface area (TPSA) is 58.1 Å². The van der Waals surface area contributed by atoms with Crippen LogP contribution in [0.5, 0.6) is 0 Å². The third kappa shape index (κ3) is 4.25. The molecule has 1 heterocycles. The zero-order valence-corrected chi connectivity index (χ0v) is 12.6. The number of carbonyl (C=O) groups excluding carboxylic acids is 1. The summed E-state index contributed by atoms with van der Waals surface area (Å²) in [6.45, 7) is 5.19. The Balaban J connectivity index is 2.96. The fraction of sp³-hybridized carbons (Fsp3) is 0.583. The van der Waals surface area contributed by atoms with Gasteiger partial charge in [0.15, 0.2) is 0 Å². The number of nitrogens with one attached hydrogen (secondary N) is 1. The van der Waals surface area contributed by atoms with Crippen LogP contribution >= 0.6 is 15.9 Å². The van der Waals surface area contributed by atoms with Crippen LogP contribution in [0.4, 0.5) is 5.82 Å². The summed E-state index contributed by atoms with van der Waals surface area (Å²) in [6.07, 6.45) is 1.73. The summed E-state index contributed by atoms with van der Waals surface area (Å²) < 4.78 is 0.752. The molecule has 0 fully saturated rings. The maximum absolute atomic E-state index is 11.5. The van der Waals surface area contributed by atoms with Crippen molar-refractivity contribution in [1.29, 1.82) is 0 Å². The Labute approximate surface area is 116 Å². The van der Waals surface area contributed by atoms with Crippen LogP contribution in [0.2, 0.25) is 0 Å². The van der Waals surface area contributed by atoms with Crippen molar-refractivity contribution in [2.75, 3.05) is 25.0 Å². The van der Waals surface area contributed by atoms with Crippen LogP contribution in [0.15, 0.2) is 10.7 Å². The lowest BCUT2D eigenvalue weighted by molar-refractivity contribution is -0.119. The zero-order chi connectivity index (χ0) is 13.5. The van der Waals surface area contributed by atoms with E-state index >= 15 is 0 Å². The van der Waals surface area contributed by atoms with Gasteiger partial charge in [0.05, 0.1) is 6.54 Å². The van der Waals surface area contributed by atoms with Crippen molar-refractivity contribution in [3.8, 4) is 0 Å². The highest BCUT2D eigenvalue weighted by atomic mass is 79.9. The van der Waals surface area contributed by atoms with E-state index in [0.29, 0.717) is 6.54 Å². The Morgan fingerprint density at radius 3 is 2.72 bits per heavy atom. The number of aryl methyl sites for hydroxylation is 1. The van der Waals surface area contributed by atoms with Gasteiger partial charge in [-0.25, -0.2) is 9.97 Å². The third-order valence-corrected chi connectivity index (χ3v) is 2.88. The molecule has 0 radical (unpaired) electrons. The number of rotatable bonds is 6. The van der Waals surface area contributed by atoms with Gasteiger partial charge in [0.2, 0.25) is 5.91 Å². The standard InChI is InChI=1S/C12H19BrN4O/c1-4-6-17(8-12(18)14-3)11-7-9(13)15-10(5-2)16-11/h7H,4-6,8H2,1-3H3,(H,14,18). The van der Waals surface area contributed by atoms with Gasteiger partial charge < -0.3 is 10.2 Å². The average Bonchev–Trinajstić information content (AvgIpc) is 2.37. The number of halogens is 1. The number of likely N-dealkylation sites (N-methyl/N-ethyl adjacent to an activating group) is 1. The van der Waals surface area contributed by atoms with Crippen molar-refractivity contribution in [2.45, 2.75) is 26.7 Å². The maximum atomic E-state index is 11.5. The van der Waals surface area contributed by atoms with Crippen molar-refractivity contribution in [3.63, 3.8) is 0 Å². The van der Waals surface area contributed by atoms with E-state index in [2.05, 4.69) is 38.1 Å². The summed E-state index contributed by atoms with van der Waals surface area (Å²) in [5.41, 5.74) is 0. The number of nitrogens with zero attached hydrogens (tertiary/aromatic N) is 3. The highest BCUT2D eigenvalue weighted by molar-refractivity contribution is 9.10. The molecule has 0 aliphatic rings. The van der Waals surface area contributed by atoms with E-state index < -0.39 is 0 Å². The first-order valence-corrected chi connectivity index (χ1v) is 6.89. The van der Waals surface area contributed by atoms with Crippen LogP contribution in [0.3, 0.4) is 0 Å². The number of hydrogen-bond donors (Lipinski definition) is 1. The summed E-state index contributed by atoms with van der Waals surface area (Å²) in [4.78, 5) is 22.2. The summed E-state index contributed by atoms with van der Waals surface area (Å²) >= 11 is 3.38. The normalized spacial score (nSPS) is 10.2. The van der Waals surface area contributed by atoms with Crippen LogP contribution < -0.4 is 10.2 Å². The van der Waals surface area contributed by atoms with E-state index in [1.54, 1.807) is 7.05 Å². The molecular weight excluding hydrogens is 296 g/mol. The molecule has 0 spiro atoms. The van der Waals surface area contributed by atoms with Gasteiger partial charge in [-0.3, -0.25) is 4.79 Å². The summed E-state index contributed by atoms with van der Waals surface area (Å²) in [7, 11) is 1.64. The van der Waals surface area contributed by atoms with Gasteiger partial charge in [0.25, 0.3) is 0 Å². The molecule has 6 heteroatoms. The molecule has 1 aromatic rings. The van der Waals surface area contributed by atoms with Crippen molar-refractivity contribution < 1.29 is 4.79 Å². The smallest absolute Gasteiger partial charge is 0.239 e. The molecule has 0 bridgehead atoms. The second kappa shape index (κ2) is 7.31. The van der Waals surface area contributed by atoms with Gasteiger partial charge in [-0.2, -0.15) is 0 Å². The molecule has 0 unspecified atom stereocenters. The molecule has 0 aromatic carbocycles. The largest absolute Gasteiger partial charge is 0.358 e. The molecule has 18 heavy (non-hydrogen) atoms. The molecule has 1 rings (SSSR count). The molecule has 0 saturated heterocycles. The Bertz CT molecular complexity index is 411. The first-order chi connectivity index (χ1) is 8.60. The molecule has 0 aliphatic heterocycles. The highest BCUT2D eigenvalue weighted by Gasteiger charge is 2.13. The number of amides is 1. The minimum absolute atomic E-state index is 0.0174. The van der Waals surface area contributed by atoms with E-state index in [1.165, 1.54) is 0 Å². The lowest BCUT2D eigenvalue weighted by Gasteiger charge is -2.22. The first kappa shape index (κ1) is 14.9. The second-order valence-corrected chi connectivity index (χ2v) is 4.73. The van der Waals surface area contributed by atoms with E-state index in [1.807, 2.05) is 17.9 Å². The van der Waals surface area contributed by atoms with Crippen LogP contribution in [-0.2, 0) is 11.2 Å². The molecule has 1 aromatic heterocycles. The fourth-order valence-electron chi connectivity index (χ4n) is 1.57. The Morgan fingerprint density at radius 2 is 2.17 bits per heavy atom. The summed E-state index contributed by atoms with van der Waals surface area (Å²) in [5, 5.41) is 2.63. The van der Waals surface area contributed by atoms with E-state index in [-0.39, 0.29) is 5.91 Å². The monoisotopic (exact) mass is 314 g/mol. The van der Waals surface area contributed by atoms with Gasteiger partial charge in [0.1, 0.15) is 16.2 Å². The summed E-state index contributed by atoms with van der Waals surface area (Å²) in [6, 6.07) is 1.84. The van der Waals surface area contributed by atoms with Gasteiger partial charge in [-0.15, -0.1) is 0 Å². The zero-order valence-electron chi connectivity index (χ0n) is 11.0. The molecular formula is C12H19BrN4O. The quantitative estimate of drug-likeness (QED) is 0.813. The Kier molecular flexibility index (Phi) is 6.04. The van der Waals surface area contributed by atoms with E-state index in [9.17, 15) is 4.79 Å². The molecule has 1 N–H and O–H groups in total. The van der Waals surface area contributed by atoms with Gasteiger partial charge >= 0.3 is 0 Å². The predicted molar refractivity (Wildman–Crippen MR) is 75.7 cm³/mol. The maximum Gasteiger partial charge on any atom is 0.239 e. The molecule has 0 saturated carbocycles. The lowest BCUT2D eigenvalue weighted by atomic mass is 10.3. The third-order valence-electron chi connectivity index (χ3n) is 2.47. The van der Waals surface area contributed by atoms with Crippen molar-refractivity contribution in [2.24, 2.45) is 0 Å². The predicted octanol–water partition coefficient (Wildman–Crippen LogP) is 1.76. The fourth-order valence-corrected chi connectivity index (χ4v) is 1.98. The van der Waals surface area contributed by atoms with Crippen molar-refractivity contribution >= 4 is 27.7 Å². The van der Waals surface area contributed by atoms with Gasteiger partial charge in [0, 0.05) is 26.1 Å². The van der Waals surface area contributed by atoms with E-state index in [4.69, 9.17) is 0 Å². The van der Waals surface area contributed by atoms with Crippen molar-refractivity contribution in [1.82, 2.24) is 15.3 Å². The second-order valence-electron chi connectivity index (χ2n) is 3.91. The average molecular weight is 315 g/mol. The van der Waals surface area contributed by atoms with E-state index in [0.717, 1.165) is 35.6 Å². The first-order valence-electron chi connectivity index (χ1n) is 6.09. The number of hydrogen-bond acceptors (Lipinski definition) is 4. The minimum atomic E-state index is -0.0174. The molecule has 0 atom stereocenters. The number of anilines is 1. The SMILES string of the molecule is CCCN(CC(=O)NC)c1cc(Br)nc(CC)n1. The Hall–Kier alpha value is -1.17. The van der Waals surface area contributed by atoms with Crippen LogP contribution in [0.25, 0.3) is 0 Å². The molecule has 5 nitrogen and oxygen atoms in total. The van der Waals surface area contributed by atoms with Gasteiger partial charge in [-0.05, 0) is 22.4 Å². The highest BCUT2D eigenvalue weighted by Crippen LogP contribution is 2.17. The molecule has 0 aliphatic carbocycles. The van der Waals surface area contributed by atoms with Crippen LogP contribution in [0.1, 0.15) is 26.1 Å². The van der Waals surface area contributed by atoms with Crippen LogP contribution in [-0.4, -0.2) is 36.0 Å². The lowest BCUT2D eigenvalue weighted by Crippen LogP contribution is -2.36. The minimum Gasteiger partial charge on any atom is -0.358 e. The number of carbonyl (C=O) groups is 1. The Morgan fingerprint density at radius 1 is 1.44 bits per heavy atom. The molecule has 1 amide bonds. The van der Waals surface area contributed by atoms with Crippen molar-refractivity contribution in [3.05, 3.63) is 16.5 Å².